The van der Waals surface area contributed by atoms with E-state index in [0.717, 1.165) is 31.9 Å². The highest BCUT2D eigenvalue weighted by atomic mass is 16.2. The fourth-order valence-electron chi connectivity index (χ4n) is 3.61. The van der Waals surface area contributed by atoms with Crippen LogP contribution in [0.25, 0.3) is 0 Å². The Balaban J connectivity index is 1.49. The zero-order valence-corrected chi connectivity index (χ0v) is 14.1. The van der Waals surface area contributed by atoms with Crippen LogP contribution in [0.3, 0.4) is 0 Å². The van der Waals surface area contributed by atoms with Crippen LogP contribution in [-0.2, 0) is 4.79 Å². The van der Waals surface area contributed by atoms with E-state index in [4.69, 9.17) is 0 Å². The Morgan fingerprint density at radius 3 is 2.04 bits per heavy atom. The molecule has 0 bridgehead atoms. The molecule has 1 aromatic rings. The Kier molecular flexibility index (Phi) is 5.92. The molecule has 2 saturated heterocycles. The number of likely N-dealkylation sites (tertiary alicyclic amines) is 1. The minimum atomic E-state index is 0.109. The van der Waals surface area contributed by atoms with Crippen molar-refractivity contribution in [2.24, 2.45) is 0 Å². The first kappa shape index (κ1) is 16.3. The third-order valence-corrected chi connectivity index (χ3v) is 4.94. The van der Waals surface area contributed by atoms with Crippen LogP contribution in [0, 0.1) is 0 Å². The third-order valence-electron chi connectivity index (χ3n) is 4.94. The smallest absolute Gasteiger partial charge is 0.238 e. The van der Waals surface area contributed by atoms with Crippen LogP contribution in [0.2, 0.25) is 0 Å². The van der Waals surface area contributed by atoms with E-state index in [9.17, 15) is 4.79 Å². The molecule has 0 aromatic heterocycles. The lowest BCUT2D eigenvalue weighted by Gasteiger charge is -2.28. The number of piperidine rings is 1. The number of rotatable bonds is 4. The Hall–Kier alpha value is -1.55. The molecule has 2 fully saturated rings. The molecule has 4 nitrogen and oxygen atoms in total. The Morgan fingerprint density at radius 1 is 0.826 bits per heavy atom. The number of hydrogen-bond acceptors (Lipinski definition) is 3. The third kappa shape index (κ3) is 4.96. The second-order valence-corrected chi connectivity index (χ2v) is 6.83. The normalized spacial score (nSPS) is 20.1. The topological polar surface area (TPSA) is 35.6 Å². The maximum absolute atomic E-state index is 12.2. The van der Waals surface area contributed by atoms with Crippen molar-refractivity contribution >= 4 is 17.3 Å². The number of benzene rings is 1. The molecular weight excluding hydrogens is 286 g/mol. The molecule has 0 radical (unpaired) electrons. The van der Waals surface area contributed by atoms with E-state index >= 15 is 0 Å². The summed E-state index contributed by atoms with van der Waals surface area (Å²) in [6.07, 6.45) is 8.96. The SMILES string of the molecule is O=C(CN1CCCCCC1)Nc1ccc(N2CCCCC2)cc1. The molecule has 2 aliphatic rings. The molecule has 2 aliphatic heterocycles. The molecule has 4 heteroatoms. The van der Waals surface area contributed by atoms with Gasteiger partial charge in [-0.15, -0.1) is 0 Å². The molecule has 1 amide bonds. The minimum Gasteiger partial charge on any atom is -0.372 e. The maximum atomic E-state index is 12.2. The first-order chi connectivity index (χ1) is 11.3. The molecule has 23 heavy (non-hydrogen) atoms. The number of nitrogens with zero attached hydrogens (tertiary/aromatic N) is 2. The second kappa shape index (κ2) is 8.34. The predicted molar refractivity (Wildman–Crippen MR) is 96.0 cm³/mol. The van der Waals surface area contributed by atoms with Crippen molar-refractivity contribution in [1.29, 1.82) is 0 Å². The van der Waals surface area contributed by atoms with E-state index in [0.29, 0.717) is 6.54 Å². The van der Waals surface area contributed by atoms with E-state index in [2.05, 4.69) is 27.2 Å². The lowest BCUT2D eigenvalue weighted by atomic mass is 10.1. The summed E-state index contributed by atoms with van der Waals surface area (Å²) in [6, 6.07) is 8.33. The van der Waals surface area contributed by atoms with Crippen molar-refractivity contribution in [3.8, 4) is 0 Å². The van der Waals surface area contributed by atoms with Gasteiger partial charge in [-0.1, -0.05) is 12.8 Å². The van der Waals surface area contributed by atoms with Crippen molar-refractivity contribution in [2.75, 3.05) is 42.9 Å². The average Bonchev–Trinajstić information content (AvgIpc) is 2.85. The summed E-state index contributed by atoms with van der Waals surface area (Å²) in [7, 11) is 0. The molecule has 1 N–H and O–H groups in total. The molecule has 0 spiro atoms. The second-order valence-electron chi connectivity index (χ2n) is 6.83. The van der Waals surface area contributed by atoms with Crippen LogP contribution in [0.5, 0.6) is 0 Å². The van der Waals surface area contributed by atoms with Gasteiger partial charge in [-0.05, 0) is 69.5 Å². The van der Waals surface area contributed by atoms with Gasteiger partial charge in [0.2, 0.25) is 5.91 Å². The van der Waals surface area contributed by atoms with Gasteiger partial charge < -0.3 is 10.2 Å². The molecule has 0 atom stereocenters. The van der Waals surface area contributed by atoms with Crippen LogP contribution >= 0.6 is 0 Å². The Morgan fingerprint density at radius 2 is 1.39 bits per heavy atom. The molecule has 2 heterocycles. The van der Waals surface area contributed by atoms with E-state index in [1.165, 1.54) is 50.6 Å². The highest BCUT2D eigenvalue weighted by Crippen LogP contribution is 2.21. The van der Waals surface area contributed by atoms with Gasteiger partial charge in [-0.2, -0.15) is 0 Å². The molecule has 3 rings (SSSR count). The molecular formula is C19H29N3O. The molecule has 126 valence electrons. The fraction of sp³-hybridized carbons (Fsp3) is 0.632. The van der Waals surface area contributed by atoms with E-state index < -0.39 is 0 Å². The van der Waals surface area contributed by atoms with Gasteiger partial charge >= 0.3 is 0 Å². The summed E-state index contributed by atoms with van der Waals surface area (Å²) < 4.78 is 0. The zero-order valence-electron chi connectivity index (χ0n) is 14.1. The predicted octanol–water partition coefficient (Wildman–Crippen LogP) is 3.49. The summed E-state index contributed by atoms with van der Waals surface area (Å²) in [5, 5.41) is 3.04. The summed E-state index contributed by atoms with van der Waals surface area (Å²) >= 11 is 0. The minimum absolute atomic E-state index is 0.109. The van der Waals surface area contributed by atoms with Gasteiger partial charge in [0.1, 0.15) is 0 Å². The maximum Gasteiger partial charge on any atom is 0.238 e. The summed E-state index contributed by atoms with van der Waals surface area (Å²) in [5.74, 6) is 0.109. The summed E-state index contributed by atoms with van der Waals surface area (Å²) in [5.41, 5.74) is 2.18. The number of carbonyl (C=O) groups is 1. The van der Waals surface area contributed by atoms with Gasteiger partial charge in [-0.3, -0.25) is 9.69 Å². The molecule has 0 saturated carbocycles. The van der Waals surface area contributed by atoms with Crippen molar-refractivity contribution in [2.45, 2.75) is 44.9 Å². The zero-order chi connectivity index (χ0) is 15.9. The average molecular weight is 315 g/mol. The number of amides is 1. The van der Waals surface area contributed by atoms with Crippen molar-refractivity contribution in [3.63, 3.8) is 0 Å². The van der Waals surface area contributed by atoms with E-state index in [-0.39, 0.29) is 5.91 Å². The van der Waals surface area contributed by atoms with Crippen LogP contribution < -0.4 is 10.2 Å². The first-order valence-corrected chi connectivity index (χ1v) is 9.18. The van der Waals surface area contributed by atoms with Crippen LogP contribution in [-0.4, -0.2) is 43.5 Å². The van der Waals surface area contributed by atoms with E-state index in [1.54, 1.807) is 0 Å². The number of anilines is 2. The van der Waals surface area contributed by atoms with Gasteiger partial charge in [-0.25, -0.2) is 0 Å². The van der Waals surface area contributed by atoms with Gasteiger partial charge in [0.05, 0.1) is 6.54 Å². The summed E-state index contributed by atoms with van der Waals surface area (Å²) in [4.78, 5) is 16.9. The number of hydrogen-bond donors (Lipinski definition) is 1. The lowest BCUT2D eigenvalue weighted by Crippen LogP contribution is -2.34. The lowest BCUT2D eigenvalue weighted by molar-refractivity contribution is -0.117. The molecule has 0 unspecified atom stereocenters. The monoisotopic (exact) mass is 315 g/mol. The fourth-order valence-corrected chi connectivity index (χ4v) is 3.61. The Labute approximate surface area is 139 Å². The highest BCUT2D eigenvalue weighted by molar-refractivity contribution is 5.92. The first-order valence-electron chi connectivity index (χ1n) is 9.18. The van der Waals surface area contributed by atoms with Crippen molar-refractivity contribution < 1.29 is 4.79 Å². The van der Waals surface area contributed by atoms with Crippen molar-refractivity contribution in [1.82, 2.24) is 4.90 Å². The molecule has 1 aromatic carbocycles. The number of nitrogens with one attached hydrogen (secondary N) is 1. The standard InChI is InChI=1S/C19H29N3O/c23-19(16-21-12-4-1-2-5-13-21)20-17-8-10-18(11-9-17)22-14-6-3-7-15-22/h8-11H,1-7,12-16H2,(H,20,23). The van der Waals surface area contributed by atoms with Gasteiger partial charge in [0.25, 0.3) is 0 Å². The van der Waals surface area contributed by atoms with Gasteiger partial charge in [0, 0.05) is 24.5 Å². The quantitative estimate of drug-likeness (QED) is 0.924. The van der Waals surface area contributed by atoms with E-state index in [1.807, 2.05) is 12.1 Å². The van der Waals surface area contributed by atoms with Crippen LogP contribution in [0.15, 0.2) is 24.3 Å². The van der Waals surface area contributed by atoms with Crippen LogP contribution in [0.4, 0.5) is 11.4 Å². The van der Waals surface area contributed by atoms with Crippen LogP contribution in [0.1, 0.15) is 44.9 Å². The highest BCUT2D eigenvalue weighted by Gasteiger charge is 2.14. The molecule has 0 aliphatic carbocycles. The van der Waals surface area contributed by atoms with Crippen molar-refractivity contribution in [3.05, 3.63) is 24.3 Å². The summed E-state index contributed by atoms with van der Waals surface area (Å²) in [6.45, 7) is 4.94. The number of carbonyl (C=O) groups excluding carboxylic acids is 1. The van der Waals surface area contributed by atoms with Gasteiger partial charge in [0.15, 0.2) is 0 Å². The largest absolute Gasteiger partial charge is 0.372 e. The Bertz CT molecular complexity index is 486.